The summed E-state index contributed by atoms with van der Waals surface area (Å²) < 4.78 is 35.4. The minimum absolute atomic E-state index is 0.167. The molecule has 0 heterocycles. The van der Waals surface area contributed by atoms with Crippen LogP contribution in [0.5, 0.6) is 5.75 Å². The van der Waals surface area contributed by atoms with E-state index in [9.17, 15) is 18.1 Å². The van der Waals surface area contributed by atoms with Crippen molar-refractivity contribution in [1.82, 2.24) is 0 Å². The molecule has 0 aromatic heterocycles. The molecular formula is C24H30O4S. The largest absolute Gasteiger partial charge is 0.508 e. The zero-order valence-corrected chi connectivity index (χ0v) is 17.6. The van der Waals surface area contributed by atoms with Crippen molar-refractivity contribution >= 4 is 10.1 Å². The summed E-state index contributed by atoms with van der Waals surface area (Å²) in [5.41, 5.74) is 3.51. The number of hydrogen-bond donors (Lipinski definition) is 2. The van der Waals surface area contributed by atoms with E-state index in [1.807, 2.05) is 24.3 Å². The Morgan fingerprint density at radius 1 is 0.690 bits per heavy atom. The summed E-state index contributed by atoms with van der Waals surface area (Å²) >= 11 is 0. The molecule has 2 aromatic rings. The van der Waals surface area contributed by atoms with Gasteiger partial charge in [-0.15, -0.1) is 0 Å². The van der Waals surface area contributed by atoms with E-state index in [0.717, 1.165) is 73.6 Å². The molecule has 2 aliphatic carbocycles. The minimum Gasteiger partial charge on any atom is -0.508 e. The maximum atomic E-state index is 12.6. The Morgan fingerprint density at radius 3 is 1.55 bits per heavy atom. The molecule has 0 atom stereocenters. The summed E-state index contributed by atoms with van der Waals surface area (Å²) in [6, 6.07) is 11.0. The molecule has 4 rings (SSSR count). The molecule has 0 amide bonds. The summed E-state index contributed by atoms with van der Waals surface area (Å²) in [6.45, 7) is 0. The van der Waals surface area contributed by atoms with Crippen LogP contribution in [0.1, 0.15) is 87.2 Å². The first-order valence-electron chi connectivity index (χ1n) is 10.9. The zero-order valence-electron chi connectivity index (χ0n) is 16.8. The maximum absolute atomic E-state index is 12.6. The van der Waals surface area contributed by atoms with Gasteiger partial charge in [0, 0.05) is 0 Å². The molecule has 2 aromatic carbocycles. The first-order valence-corrected chi connectivity index (χ1v) is 12.3. The quantitative estimate of drug-likeness (QED) is 0.568. The second kappa shape index (κ2) is 8.49. The van der Waals surface area contributed by atoms with Crippen LogP contribution in [0.15, 0.2) is 41.3 Å². The van der Waals surface area contributed by atoms with Gasteiger partial charge >= 0.3 is 0 Å². The molecule has 2 saturated carbocycles. The van der Waals surface area contributed by atoms with Crippen molar-refractivity contribution in [2.24, 2.45) is 0 Å². The molecule has 0 saturated heterocycles. The van der Waals surface area contributed by atoms with Gasteiger partial charge < -0.3 is 5.11 Å². The van der Waals surface area contributed by atoms with Crippen molar-refractivity contribution in [2.45, 2.75) is 80.9 Å². The van der Waals surface area contributed by atoms with Gasteiger partial charge in [-0.05, 0) is 84.0 Å². The molecule has 29 heavy (non-hydrogen) atoms. The van der Waals surface area contributed by atoms with Crippen LogP contribution < -0.4 is 0 Å². The van der Waals surface area contributed by atoms with Crippen LogP contribution in [0.2, 0.25) is 0 Å². The fourth-order valence-corrected chi connectivity index (χ4v) is 6.27. The number of benzene rings is 2. The Balaban J connectivity index is 1.92. The van der Waals surface area contributed by atoms with E-state index in [1.54, 1.807) is 12.1 Å². The Morgan fingerprint density at radius 2 is 1.14 bits per heavy atom. The number of rotatable bonds is 4. The number of hydrogen-bond acceptors (Lipinski definition) is 3. The first kappa shape index (κ1) is 20.4. The number of phenols is 1. The molecule has 0 radical (unpaired) electrons. The van der Waals surface area contributed by atoms with E-state index in [2.05, 4.69) is 0 Å². The second-order valence-corrected chi connectivity index (χ2v) is 10.0. The van der Waals surface area contributed by atoms with Crippen molar-refractivity contribution in [3.63, 3.8) is 0 Å². The molecule has 5 heteroatoms. The van der Waals surface area contributed by atoms with Crippen molar-refractivity contribution in [3.8, 4) is 16.9 Å². The normalized spacial score (nSPS) is 19.3. The maximum Gasteiger partial charge on any atom is 0.295 e. The lowest BCUT2D eigenvalue weighted by Gasteiger charge is -2.29. The molecule has 0 bridgehead atoms. The van der Waals surface area contributed by atoms with Crippen LogP contribution in [0, 0.1) is 0 Å². The fourth-order valence-electron chi connectivity index (χ4n) is 5.23. The van der Waals surface area contributed by atoms with Gasteiger partial charge in [-0.25, -0.2) is 0 Å². The van der Waals surface area contributed by atoms with Crippen LogP contribution in [0.4, 0.5) is 0 Å². The van der Waals surface area contributed by atoms with Crippen LogP contribution in [-0.2, 0) is 10.1 Å². The number of phenolic OH excluding ortho intramolecular Hbond substituents is 1. The molecule has 2 N–H and O–H groups in total. The summed E-state index contributed by atoms with van der Waals surface area (Å²) in [5.74, 6) is 0.545. The average Bonchev–Trinajstić information content (AvgIpc) is 2.74. The summed E-state index contributed by atoms with van der Waals surface area (Å²) in [4.78, 5) is 0.179. The van der Waals surface area contributed by atoms with Gasteiger partial charge in [0.1, 0.15) is 10.6 Å². The molecule has 2 aliphatic rings. The summed E-state index contributed by atoms with van der Waals surface area (Å²) in [5, 5.41) is 9.66. The van der Waals surface area contributed by atoms with Gasteiger partial charge in [0.25, 0.3) is 10.1 Å². The van der Waals surface area contributed by atoms with Gasteiger partial charge in [0.2, 0.25) is 0 Å². The second-order valence-electron chi connectivity index (χ2n) is 8.68. The Hall–Kier alpha value is -1.85. The fraction of sp³-hybridized carbons (Fsp3) is 0.500. The number of aromatic hydroxyl groups is 1. The summed E-state index contributed by atoms with van der Waals surface area (Å²) in [6.07, 6.45) is 10.6. The van der Waals surface area contributed by atoms with Crippen molar-refractivity contribution in [2.75, 3.05) is 0 Å². The molecule has 0 spiro atoms. The highest BCUT2D eigenvalue weighted by atomic mass is 32.2. The van der Waals surface area contributed by atoms with Gasteiger partial charge in [0.15, 0.2) is 0 Å². The predicted octanol–water partition coefficient (Wildman–Crippen LogP) is 6.40. The van der Waals surface area contributed by atoms with Crippen molar-refractivity contribution in [1.29, 1.82) is 0 Å². The third kappa shape index (κ3) is 4.51. The van der Waals surface area contributed by atoms with Crippen molar-refractivity contribution in [3.05, 3.63) is 47.5 Å². The third-order valence-corrected chi connectivity index (χ3v) is 7.68. The van der Waals surface area contributed by atoms with E-state index >= 15 is 0 Å². The third-order valence-electron chi connectivity index (χ3n) is 6.69. The van der Waals surface area contributed by atoms with Gasteiger partial charge in [0.05, 0.1) is 0 Å². The highest BCUT2D eigenvalue weighted by Gasteiger charge is 2.31. The lowest BCUT2D eigenvalue weighted by molar-refractivity contribution is 0.419. The molecule has 0 unspecified atom stereocenters. The highest BCUT2D eigenvalue weighted by Crippen LogP contribution is 2.44. The minimum atomic E-state index is -4.31. The van der Waals surface area contributed by atoms with Gasteiger partial charge in [-0.2, -0.15) is 8.42 Å². The average molecular weight is 415 g/mol. The van der Waals surface area contributed by atoms with Crippen LogP contribution >= 0.6 is 0 Å². The lowest BCUT2D eigenvalue weighted by Crippen LogP contribution is -2.16. The van der Waals surface area contributed by atoms with E-state index in [0.29, 0.717) is 0 Å². The van der Waals surface area contributed by atoms with Gasteiger partial charge in [-0.3, -0.25) is 4.55 Å². The van der Waals surface area contributed by atoms with Crippen LogP contribution in [-0.4, -0.2) is 18.1 Å². The topological polar surface area (TPSA) is 74.6 Å². The molecule has 4 nitrogen and oxygen atoms in total. The predicted molar refractivity (Wildman–Crippen MR) is 115 cm³/mol. The van der Waals surface area contributed by atoms with Gasteiger partial charge in [-0.1, -0.05) is 50.7 Å². The van der Waals surface area contributed by atoms with E-state index in [1.165, 1.54) is 12.8 Å². The SMILES string of the molecule is O=S(=O)(O)c1c(C2CCCCC2)cc(-c2ccc(O)cc2)cc1C1CCCCC1. The van der Waals surface area contributed by atoms with Crippen LogP contribution in [0.3, 0.4) is 0 Å². The molecule has 0 aliphatic heterocycles. The summed E-state index contributed by atoms with van der Waals surface area (Å²) in [7, 11) is -4.31. The Labute approximate surface area is 173 Å². The van der Waals surface area contributed by atoms with E-state index in [4.69, 9.17) is 0 Å². The zero-order chi connectivity index (χ0) is 20.4. The molecule has 2 fully saturated rings. The molecular weight excluding hydrogens is 384 g/mol. The molecule has 156 valence electrons. The highest BCUT2D eigenvalue weighted by molar-refractivity contribution is 7.86. The van der Waals surface area contributed by atoms with Crippen LogP contribution in [0.25, 0.3) is 11.1 Å². The standard InChI is InChI=1S/C24H30O4S/c25-21-13-11-17(12-14-21)20-15-22(18-7-3-1-4-8-18)24(29(26,27)28)23(16-20)19-9-5-2-6-10-19/h11-16,18-19,25H,1-10H2,(H,26,27,28). The first-order chi connectivity index (χ1) is 13.9. The Bertz CT molecular complexity index is 912. The lowest BCUT2D eigenvalue weighted by atomic mass is 9.78. The van der Waals surface area contributed by atoms with E-state index < -0.39 is 10.1 Å². The monoisotopic (exact) mass is 414 g/mol. The Kier molecular flexibility index (Phi) is 5.98. The van der Waals surface area contributed by atoms with E-state index in [-0.39, 0.29) is 22.5 Å². The van der Waals surface area contributed by atoms with Crippen molar-refractivity contribution < 1.29 is 18.1 Å². The smallest absolute Gasteiger partial charge is 0.295 e.